The van der Waals surface area contributed by atoms with Crippen LogP contribution in [0.4, 0.5) is 4.79 Å². The Morgan fingerprint density at radius 1 is 1.27 bits per heavy atom. The number of carbonyl (C=O) groups is 1. The maximum absolute atomic E-state index is 12.1. The van der Waals surface area contributed by atoms with Crippen LogP contribution in [0.1, 0.15) is 40.0 Å². The van der Waals surface area contributed by atoms with E-state index in [-0.39, 0.29) is 6.09 Å². The second-order valence-electron chi connectivity index (χ2n) is 7.06. The molecule has 2 rings (SSSR count). The summed E-state index contributed by atoms with van der Waals surface area (Å²) in [7, 11) is 0. The van der Waals surface area contributed by atoms with Crippen LogP contribution < -0.4 is 5.32 Å². The number of amidine groups is 1. The fourth-order valence-electron chi connectivity index (χ4n) is 2.75. The Kier molecular flexibility index (Phi) is 6.06. The lowest BCUT2D eigenvalue weighted by atomic mass is 10.2. The van der Waals surface area contributed by atoms with E-state index in [0.29, 0.717) is 19.6 Å². The summed E-state index contributed by atoms with van der Waals surface area (Å²) in [4.78, 5) is 20.8. The standard InChI is InChI=1S/C16H30N4O2/c1-16(2,3)22-15(21)20-12-8-18-14(13-20)17-7-6-11-19-9-4-5-10-19/h4-13H2,1-3H3,(H,17,18). The van der Waals surface area contributed by atoms with Crippen molar-refractivity contribution in [2.75, 3.05) is 45.8 Å². The normalized spacial score (nSPS) is 20.0. The SMILES string of the molecule is CC(C)(C)OC(=O)N1CCN=C(NCCCN2CCCC2)C1. The van der Waals surface area contributed by atoms with E-state index in [1.807, 2.05) is 20.8 Å². The number of nitrogens with one attached hydrogen (secondary N) is 1. The van der Waals surface area contributed by atoms with E-state index in [0.717, 1.165) is 25.3 Å². The molecular weight excluding hydrogens is 280 g/mol. The molecule has 0 radical (unpaired) electrons. The minimum absolute atomic E-state index is 0.251. The summed E-state index contributed by atoms with van der Waals surface area (Å²) in [5.74, 6) is 0.901. The van der Waals surface area contributed by atoms with Gasteiger partial charge in [-0.2, -0.15) is 0 Å². The lowest BCUT2D eigenvalue weighted by Crippen LogP contribution is -2.47. The highest BCUT2D eigenvalue weighted by Gasteiger charge is 2.24. The van der Waals surface area contributed by atoms with Crippen LogP contribution in [0.15, 0.2) is 4.99 Å². The van der Waals surface area contributed by atoms with E-state index in [1.54, 1.807) is 4.90 Å². The van der Waals surface area contributed by atoms with Crippen molar-refractivity contribution in [3.8, 4) is 0 Å². The molecule has 6 heteroatoms. The summed E-state index contributed by atoms with van der Waals surface area (Å²) >= 11 is 0. The van der Waals surface area contributed by atoms with E-state index in [1.165, 1.54) is 25.9 Å². The predicted molar refractivity (Wildman–Crippen MR) is 88.4 cm³/mol. The summed E-state index contributed by atoms with van der Waals surface area (Å²) < 4.78 is 5.42. The Hall–Kier alpha value is -1.30. The third kappa shape index (κ3) is 5.83. The number of carbonyl (C=O) groups excluding carboxylic acids is 1. The van der Waals surface area contributed by atoms with E-state index < -0.39 is 5.60 Å². The van der Waals surface area contributed by atoms with Gasteiger partial charge in [-0.25, -0.2) is 4.79 Å². The fraction of sp³-hybridized carbons (Fsp3) is 0.875. The van der Waals surface area contributed by atoms with E-state index in [9.17, 15) is 4.79 Å². The van der Waals surface area contributed by atoms with Gasteiger partial charge in [0.2, 0.25) is 0 Å². The minimum atomic E-state index is -0.449. The first-order chi connectivity index (χ1) is 10.4. The van der Waals surface area contributed by atoms with Crippen LogP contribution in [-0.4, -0.2) is 73.1 Å². The second kappa shape index (κ2) is 7.81. The number of likely N-dealkylation sites (tertiary alicyclic amines) is 1. The van der Waals surface area contributed by atoms with Gasteiger partial charge in [0.25, 0.3) is 0 Å². The minimum Gasteiger partial charge on any atom is -0.444 e. The van der Waals surface area contributed by atoms with Crippen LogP contribution in [0, 0.1) is 0 Å². The zero-order valence-electron chi connectivity index (χ0n) is 14.2. The van der Waals surface area contributed by atoms with Gasteiger partial charge in [0.05, 0.1) is 13.1 Å². The van der Waals surface area contributed by atoms with Gasteiger partial charge in [-0.1, -0.05) is 0 Å². The van der Waals surface area contributed by atoms with Crippen molar-refractivity contribution in [1.82, 2.24) is 15.1 Å². The van der Waals surface area contributed by atoms with Gasteiger partial charge >= 0.3 is 6.09 Å². The van der Waals surface area contributed by atoms with Crippen LogP contribution in [0.3, 0.4) is 0 Å². The molecule has 0 aliphatic carbocycles. The van der Waals surface area contributed by atoms with Gasteiger partial charge in [0.1, 0.15) is 11.4 Å². The summed E-state index contributed by atoms with van der Waals surface area (Å²) in [6.07, 6.45) is 3.54. The third-order valence-corrected chi connectivity index (χ3v) is 3.84. The highest BCUT2D eigenvalue weighted by atomic mass is 16.6. The molecule has 2 aliphatic heterocycles. The lowest BCUT2D eigenvalue weighted by Gasteiger charge is -2.30. The first kappa shape index (κ1) is 17.1. The molecule has 0 atom stereocenters. The Balaban J connectivity index is 1.66. The van der Waals surface area contributed by atoms with Gasteiger partial charge in [-0.15, -0.1) is 0 Å². The van der Waals surface area contributed by atoms with Crippen molar-refractivity contribution in [2.24, 2.45) is 4.99 Å². The summed E-state index contributed by atoms with van der Waals surface area (Å²) in [5, 5.41) is 3.37. The van der Waals surface area contributed by atoms with E-state index >= 15 is 0 Å². The Morgan fingerprint density at radius 3 is 2.68 bits per heavy atom. The Morgan fingerprint density at radius 2 is 2.00 bits per heavy atom. The van der Waals surface area contributed by atoms with Crippen molar-refractivity contribution in [3.63, 3.8) is 0 Å². The topological polar surface area (TPSA) is 57.2 Å². The maximum atomic E-state index is 12.1. The molecule has 6 nitrogen and oxygen atoms in total. The van der Waals surface area contributed by atoms with Crippen molar-refractivity contribution < 1.29 is 9.53 Å². The molecule has 0 unspecified atom stereocenters. The van der Waals surface area contributed by atoms with Gasteiger partial charge in [0.15, 0.2) is 0 Å². The largest absolute Gasteiger partial charge is 0.444 e. The summed E-state index contributed by atoms with van der Waals surface area (Å²) in [5.41, 5.74) is -0.449. The summed E-state index contributed by atoms with van der Waals surface area (Å²) in [6.45, 7) is 12.0. The number of nitrogens with zero attached hydrogens (tertiary/aromatic N) is 3. The van der Waals surface area contributed by atoms with Crippen molar-refractivity contribution in [3.05, 3.63) is 0 Å². The number of ether oxygens (including phenoxy) is 1. The van der Waals surface area contributed by atoms with Crippen molar-refractivity contribution in [2.45, 2.75) is 45.6 Å². The molecule has 126 valence electrons. The number of aliphatic imine (C=N–C) groups is 1. The lowest BCUT2D eigenvalue weighted by molar-refractivity contribution is 0.0276. The van der Waals surface area contributed by atoms with Crippen LogP contribution >= 0.6 is 0 Å². The number of amides is 1. The van der Waals surface area contributed by atoms with E-state index in [2.05, 4.69) is 15.2 Å². The molecule has 0 saturated carbocycles. The van der Waals surface area contributed by atoms with Crippen LogP contribution in [0.5, 0.6) is 0 Å². The summed E-state index contributed by atoms with van der Waals surface area (Å²) in [6, 6.07) is 0. The molecule has 1 fully saturated rings. The molecule has 0 aromatic heterocycles. The van der Waals surface area contributed by atoms with Crippen LogP contribution in [0.2, 0.25) is 0 Å². The molecule has 0 aromatic rings. The average Bonchev–Trinajstić information content (AvgIpc) is 2.95. The molecule has 2 aliphatic rings. The first-order valence-electron chi connectivity index (χ1n) is 8.41. The molecule has 22 heavy (non-hydrogen) atoms. The van der Waals surface area contributed by atoms with Gasteiger partial charge in [-0.3, -0.25) is 9.89 Å². The molecule has 0 bridgehead atoms. The molecule has 2 heterocycles. The molecule has 1 saturated heterocycles. The van der Waals surface area contributed by atoms with Crippen molar-refractivity contribution >= 4 is 11.9 Å². The quantitative estimate of drug-likeness (QED) is 0.803. The van der Waals surface area contributed by atoms with Crippen molar-refractivity contribution in [1.29, 1.82) is 0 Å². The number of hydrogen-bond acceptors (Lipinski definition) is 5. The smallest absolute Gasteiger partial charge is 0.410 e. The molecule has 0 aromatic carbocycles. The third-order valence-electron chi connectivity index (χ3n) is 3.84. The Labute approximate surface area is 133 Å². The highest BCUT2D eigenvalue weighted by Crippen LogP contribution is 2.11. The monoisotopic (exact) mass is 310 g/mol. The number of rotatable bonds is 4. The maximum Gasteiger partial charge on any atom is 0.410 e. The van der Waals surface area contributed by atoms with Gasteiger partial charge in [0, 0.05) is 13.1 Å². The van der Waals surface area contributed by atoms with Crippen LogP contribution in [-0.2, 0) is 4.74 Å². The molecule has 1 amide bonds. The number of hydrogen-bond donors (Lipinski definition) is 1. The first-order valence-corrected chi connectivity index (χ1v) is 8.41. The van der Waals surface area contributed by atoms with Gasteiger partial charge in [-0.05, 0) is 59.7 Å². The Bertz CT molecular complexity index is 397. The molecular formula is C16H30N4O2. The fourth-order valence-corrected chi connectivity index (χ4v) is 2.75. The van der Waals surface area contributed by atoms with E-state index in [4.69, 9.17) is 4.74 Å². The zero-order valence-corrected chi connectivity index (χ0v) is 14.2. The van der Waals surface area contributed by atoms with Crippen LogP contribution in [0.25, 0.3) is 0 Å². The average molecular weight is 310 g/mol. The molecule has 0 spiro atoms. The highest BCUT2D eigenvalue weighted by molar-refractivity contribution is 5.87. The second-order valence-corrected chi connectivity index (χ2v) is 7.06. The predicted octanol–water partition coefficient (Wildman–Crippen LogP) is 1.71. The van der Waals surface area contributed by atoms with Gasteiger partial charge < -0.3 is 15.0 Å². The molecule has 1 N–H and O–H groups in total. The zero-order chi connectivity index (χ0) is 16.0.